The number of carbonyl (C=O) groups is 1. The molecule has 1 aromatic heterocycles. The van der Waals surface area contributed by atoms with E-state index in [1.54, 1.807) is 31.4 Å². The first kappa shape index (κ1) is 15.4. The van der Waals surface area contributed by atoms with Crippen LogP contribution in [0.1, 0.15) is 10.6 Å². The maximum atomic E-state index is 12.4. The van der Waals surface area contributed by atoms with Crippen LogP contribution in [0.25, 0.3) is 11.0 Å². The van der Waals surface area contributed by atoms with Crippen LogP contribution in [0, 0.1) is 0 Å². The highest BCUT2D eigenvalue weighted by molar-refractivity contribution is 9.10. The molecule has 0 bridgehead atoms. The maximum Gasteiger partial charge on any atom is 0.291 e. The van der Waals surface area contributed by atoms with Gasteiger partial charge in [0.1, 0.15) is 17.1 Å². The third kappa shape index (κ3) is 3.03. The normalized spacial score (nSPS) is 10.6. The van der Waals surface area contributed by atoms with Crippen molar-refractivity contribution in [2.75, 3.05) is 19.5 Å². The molecule has 3 rings (SSSR count). The van der Waals surface area contributed by atoms with Crippen LogP contribution in [-0.4, -0.2) is 20.1 Å². The molecular formula is C17H14BrNO4. The number of nitrogens with one attached hydrogen (secondary N) is 1. The number of furan rings is 1. The molecule has 0 aliphatic rings. The van der Waals surface area contributed by atoms with E-state index >= 15 is 0 Å². The first-order chi connectivity index (χ1) is 11.1. The minimum atomic E-state index is -0.350. The average molecular weight is 376 g/mol. The Hall–Kier alpha value is -2.47. The van der Waals surface area contributed by atoms with E-state index in [0.29, 0.717) is 22.8 Å². The number of hydrogen-bond acceptors (Lipinski definition) is 4. The van der Waals surface area contributed by atoms with Gasteiger partial charge < -0.3 is 19.2 Å². The Balaban J connectivity index is 1.90. The lowest BCUT2D eigenvalue weighted by atomic mass is 10.2. The molecule has 3 aromatic rings. The topological polar surface area (TPSA) is 60.7 Å². The molecule has 0 aliphatic carbocycles. The van der Waals surface area contributed by atoms with Crippen LogP contribution in [0.4, 0.5) is 5.69 Å². The summed E-state index contributed by atoms with van der Waals surface area (Å²) in [6.45, 7) is 0. The Labute approximate surface area is 141 Å². The molecule has 0 saturated heterocycles. The van der Waals surface area contributed by atoms with Gasteiger partial charge in [-0.15, -0.1) is 0 Å². The van der Waals surface area contributed by atoms with Gasteiger partial charge in [0.2, 0.25) is 0 Å². The average Bonchev–Trinajstić information content (AvgIpc) is 3.01. The van der Waals surface area contributed by atoms with E-state index < -0.39 is 0 Å². The van der Waals surface area contributed by atoms with Gasteiger partial charge in [-0.25, -0.2) is 0 Å². The van der Waals surface area contributed by atoms with Crippen LogP contribution in [0.5, 0.6) is 11.5 Å². The number of rotatable bonds is 4. The number of fused-ring (bicyclic) bond motifs is 1. The van der Waals surface area contributed by atoms with Gasteiger partial charge in [-0.05, 0) is 30.3 Å². The molecule has 0 atom stereocenters. The number of anilines is 1. The van der Waals surface area contributed by atoms with Gasteiger partial charge in [0, 0.05) is 15.9 Å². The zero-order chi connectivity index (χ0) is 16.4. The highest BCUT2D eigenvalue weighted by Crippen LogP contribution is 2.31. The van der Waals surface area contributed by atoms with E-state index in [9.17, 15) is 4.79 Å². The van der Waals surface area contributed by atoms with Gasteiger partial charge in [0.15, 0.2) is 5.76 Å². The number of ether oxygens (including phenoxy) is 2. The van der Waals surface area contributed by atoms with Crippen LogP contribution in [-0.2, 0) is 0 Å². The Morgan fingerprint density at radius 1 is 1.13 bits per heavy atom. The van der Waals surface area contributed by atoms with Gasteiger partial charge >= 0.3 is 0 Å². The summed E-state index contributed by atoms with van der Waals surface area (Å²) in [5.74, 6) is 1.03. The molecule has 0 aliphatic heterocycles. The largest absolute Gasteiger partial charge is 0.497 e. The van der Waals surface area contributed by atoms with Crippen molar-refractivity contribution in [3.8, 4) is 11.5 Å². The van der Waals surface area contributed by atoms with Crippen LogP contribution < -0.4 is 14.8 Å². The smallest absolute Gasteiger partial charge is 0.291 e. The highest BCUT2D eigenvalue weighted by atomic mass is 79.9. The second-order valence-electron chi connectivity index (χ2n) is 4.78. The van der Waals surface area contributed by atoms with E-state index in [-0.39, 0.29) is 11.7 Å². The lowest BCUT2D eigenvalue weighted by molar-refractivity contribution is 0.0998. The minimum absolute atomic E-state index is 0.227. The van der Waals surface area contributed by atoms with E-state index in [4.69, 9.17) is 13.9 Å². The van der Waals surface area contributed by atoms with Crippen molar-refractivity contribution in [1.82, 2.24) is 0 Å². The quantitative estimate of drug-likeness (QED) is 0.730. The third-order valence-electron chi connectivity index (χ3n) is 3.39. The van der Waals surface area contributed by atoms with Crippen molar-refractivity contribution < 1.29 is 18.7 Å². The summed E-state index contributed by atoms with van der Waals surface area (Å²) in [6.07, 6.45) is 0. The van der Waals surface area contributed by atoms with Gasteiger partial charge in [-0.3, -0.25) is 4.79 Å². The Morgan fingerprint density at radius 2 is 1.96 bits per heavy atom. The zero-order valence-electron chi connectivity index (χ0n) is 12.6. The first-order valence-electron chi connectivity index (χ1n) is 6.84. The van der Waals surface area contributed by atoms with E-state index in [1.807, 2.05) is 18.2 Å². The Kier molecular flexibility index (Phi) is 4.25. The molecule has 2 aromatic carbocycles. The lowest BCUT2D eigenvalue weighted by Gasteiger charge is -2.10. The predicted molar refractivity (Wildman–Crippen MR) is 91.4 cm³/mol. The van der Waals surface area contributed by atoms with Crippen LogP contribution in [0.3, 0.4) is 0 Å². The molecule has 0 unspecified atom stereocenters. The molecule has 118 valence electrons. The molecule has 0 spiro atoms. The van der Waals surface area contributed by atoms with Gasteiger partial charge in [-0.1, -0.05) is 22.0 Å². The fraction of sp³-hybridized carbons (Fsp3) is 0.118. The van der Waals surface area contributed by atoms with Crippen LogP contribution >= 0.6 is 15.9 Å². The fourth-order valence-corrected chi connectivity index (χ4v) is 2.69. The van der Waals surface area contributed by atoms with Crippen LogP contribution in [0.15, 0.2) is 51.4 Å². The molecule has 1 amide bonds. The summed E-state index contributed by atoms with van der Waals surface area (Å²) in [7, 11) is 3.10. The minimum Gasteiger partial charge on any atom is -0.497 e. The Bertz CT molecular complexity index is 872. The van der Waals surface area contributed by atoms with Gasteiger partial charge in [0.05, 0.1) is 19.9 Å². The molecule has 1 N–H and O–H groups in total. The predicted octanol–water partition coefficient (Wildman–Crippen LogP) is 4.46. The zero-order valence-corrected chi connectivity index (χ0v) is 14.1. The number of carbonyl (C=O) groups excluding carboxylic acids is 1. The van der Waals surface area contributed by atoms with E-state index in [0.717, 1.165) is 9.86 Å². The third-order valence-corrected chi connectivity index (χ3v) is 4.08. The molecule has 23 heavy (non-hydrogen) atoms. The summed E-state index contributed by atoms with van der Waals surface area (Å²) < 4.78 is 16.9. The maximum absolute atomic E-state index is 12.4. The van der Waals surface area contributed by atoms with Crippen molar-refractivity contribution in [3.63, 3.8) is 0 Å². The second-order valence-corrected chi connectivity index (χ2v) is 5.64. The van der Waals surface area contributed by atoms with E-state index in [1.165, 1.54) is 7.11 Å². The van der Waals surface area contributed by atoms with Crippen molar-refractivity contribution in [2.24, 2.45) is 0 Å². The summed E-state index contributed by atoms with van der Waals surface area (Å²) in [5, 5.41) is 3.63. The number of hydrogen-bond donors (Lipinski definition) is 1. The summed E-state index contributed by atoms with van der Waals surface area (Å²) in [5.41, 5.74) is 1.18. The Morgan fingerprint density at radius 3 is 2.65 bits per heavy atom. The molecular weight excluding hydrogens is 362 g/mol. The van der Waals surface area contributed by atoms with E-state index in [2.05, 4.69) is 21.2 Å². The number of amides is 1. The lowest BCUT2D eigenvalue weighted by Crippen LogP contribution is -2.11. The molecule has 5 nitrogen and oxygen atoms in total. The molecule has 1 heterocycles. The first-order valence-corrected chi connectivity index (χ1v) is 7.63. The summed E-state index contributed by atoms with van der Waals surface area (Å²) >= 11 is 3.44. The van der Waals surface area contributed by atoms with Gasteiger partial charge in [0.25, 0.3) is 5.91 Å². The van der Waals surface area contributed by atoms with Crippen molar-refractivity contribution in [1.29, 1.82) is 0 Å². The number of methoxy groups -OCH3 is 2. The molecule has 0 fully saturated rings. The number of benzene rings is 2. The second kappa shape index (κ2) is 6.34. The highest BCUT2D eigenvalue weighted by Gasteiger charge is 2.16. The number of halogens is 1. The van der Waals surface area contributed by atoms with Crippen molar-refractivity contribution in [2.45, 2.75) is 0 Å². The van der Waals surface area contributed by atoms with Crippen LogP contribution in [0.2, 0.25) is 0 Å². The monoisotopic (exact) mass is 375 g/mol. The van der Waals surface area contributed by atoms with Gasteiger partial charge in [-0.2, -0.15) is 0 Å². The van der Waals surface area contributed by atoms with Crippen molar-refractivity contribution >= 4 is 38.5 Å². The fourth-order valence-electron chi connectivity index (χ4n) is 2.22. The van der Waals surface area contributed by atoms with Crippen molar-refractivity contribution in [3.05, 3.63) is 52.7 Å². The molecule has 6 heteroatoms. The molecule has 0 radical (unpaired) electrons. The molecule has 0 saturated carbocycles. The SMILES string of the molecule is COc1ccc(NC(=O)c2cc3c(Br)cccc3o2)c(OC)c1. The standard InChI is InChI=1S/C17H14BrNO4/c1-21-10-6-7-13(15(8-10)22-2)19-17(20)16-9-11-12(18)4-3-5-14(11)23-16/h3-9H,1-2H3,(H,19,20). The summed E-state index contributed by atoms with van der Waals surface area (Å²) in [4.78, 5) is 12.4. The summed E-state index contributed by atoms with van der Waals surface area (Å²) in [6, 6.07) is 12.4.